The topological polar surface area (TPSA) is 74.6 Å². The zero-order valence-electron chi connectivity index (χ0n) is 10.5. The van der Waals surface area contributed by atoms with Crippen LogP contribution in [0.2, 0.25) is 0 Å². The van der Waals surface area contributed by atoms with Crippen LogP contribution in [0.25, 0.3) is 0 Å². The summed E-state index contributed by atoms with van der Waals surface area (Å²) in [6.45, 7) is 0. The van der Waals surface area contributed by atoms with Gasteiger partial charge < -0.3 is 10.2 Å². The Labute approximate surface area is 111 Å². The van der Waals surface area contributed by atoms with Crippen molar-refractivity contribution in [1.29, 1.82) is 0 Å². The highest BCUT2D eigenvalue weighted by atomic mass is 16.4. The number of carboxylic acids is 2. The maximum atomic E-state index is 11.2. The summed E-state index contributed by atoms with van der Waals surface area (Å²) < 4.78 is 0. The van der Waals surface area contributed by atoms with E-state index in [0.717, 1.165) is 24.0 Å². The Balaban J connectivity index is 2.25. The van der Waals surface area contributed by atoms with E-state index in [4.69, 9.17) is 10.2 Å². The fourth-order valence-electron chi connectivity index (χ4n) is 2.43. The first kappa shape index (κ1) is 13.3. The predicted octanol–water partition coefficient (Wildman–Crippen LogP) is 2.35. The first-order valence-corrected chi connectivity index (χ1v) is 6.28. The number of carboxylic acid groups (broad SMARTS) is 2. The largest absolute Gasteiger partial charge is 0.481 e. The molecule has 0 spiro atoms. The molecule has 0 radical (unpaired) electrons. The van der Waals surface area contributed by atoms with Crippen LogP contribution in [0.4, 0.5) is 0 Å². The highest BCUT2D eigenvalue weighted by molar-refractivity contribution is 5.93. The van der Waals surface area contributed by atoms with Crippen molar-refractivity contribution < 1.29 is 19.8 Å². The molecular weight excluding hydrogens is 244 g/mol. The van der Waals surface area contributed by atoms with Gasteiger partial charge in [-0.1, -0.05) is 42.0 Å². The summed E-state index contributed by atoms with van der Waals surface area (Å²) in [5.41, 5.74) is 1.92. The molecule has 2 rings (SSSR count). The Morgan fingerprint density at radius 1 is 1.11 bits per heavy atom. The molecule has 1 aromatic rings. The highest BCUT2D eigenvalue weighted by Gasteiger charge is 2.37. The fourth-order valence-corrected chi connectivity index (χ4v) is 2.43. The zero-order chi connectivity index (χ0) is 13.8. The number of hydrogen-bond donors (Lipinski definition) is 2. The lowest BCUT2D eigenvalue weighted by molar-refractivity contribution is -0.156. The van der Waals surface area contributed by atoms with E-state index < -0.39 is 23.8 Å². The average Bonchev–Trinajstić information content (AvgIpc) is 2.26. The molecule has 0 saturated carbocycles. The molecular formula is C15H16O4. The molecule has 0 heterocycles. The summed E-state index contributed by atoms with van der Waals surface area (Å²) in [6.07, 6.45) is 4.11. The molecule has 2 N–H and O–H groups in total. The smallest absolute Gasteiger partial charge is 0.318 e. The van der Waals surface area contributed by atoms with Crippen molar-refractivity contribution in [3.05, 3.63) is 47.5 Å². The third kappa shape index (κ3) is 3.02. The third-order valence-electron chi connectivity index (χ3n) is 3.55. The van der Waals surface area contributed by atoms with Crippen LogP contribution in [0.1, 0.15) is 18.4 Å². The van der Waals surface area contributed by atoms with Gasteiger partial charge in [0.1, 0.15) is 0 Å². The van der Waals surface area contributed by atoms with Crippen LogP contribution in [0.3, 0.4) is 0 Å². The number of carbonyl (C=O) groups is 2. The van der Waals surface area contributed by atoms with Gasteiger partial charge in [-0.25, -0.2) is 0 Å². The van der Waals surface area contributed by atoms with Crippen LogP contribution in [0, 0.1) is 11.8 Å². The SMILES string of the molecule is O=C(O)C(C(=O)O)C(Cc1ccccc1)C1=CCC1. The average molecular weight is 260 g/mol. The van der Waals surface area contributed by atoms with E-state index in [2.05, 4.69) is 0 Å². The summed E-state index contributed by atoms with van der Waals surface area (Å²) in [4.78, 5) is 22.4. The molecule has 19 heavy (non-hydrogen) atoms. The molecule has 1 aliphatic carbocycles. The Morgan fingerprint density at radius 3 is 2.11 bits per heavy atom. The highest BCUT2D eigenvalue weighted by Crippen LogP contribution is 2.34. The zero-order valence-corrected chi connectivity index (χ0v) is 10.5. The Kier molecular flexibility index (Phi) is 4.00. The molecule has 4 nitrogen and oxygen atoms in total. The van der Waals surface area contributed by atoms with E-state index in [0.29, 0.717) is 6.42 Å². The van der Waals surface area contributed by atoms with E-state index in [-0.39, 0.29) is 0 Å². The molecule has 0 amide bonds. The van der Waals surface area contributed by atoms with Crippen LogP contribution in [0.15, 0.2) is 42.0 Å². The lowest BCUT2D eigenvalue weighted by atomic mass is 9.75. The van der Waals surface area contributed by atoms with Crippen molar-refractivity contribution in [3.8, 4) is 0 Å². The van der Waals surface area contributed by atoms with Gasteiger partial charge >= 0.3 is 11.9 Å². The maximum Gasteiger partial charge on any atom is 0.318 e. The van der Waals surface area contributed by atoms with Gasteiger partial charge in [-0.05, 0) is 24.8 Å². The van der Waals surface area contributed by atoms with E-state index in [1.54, 1.807) is 0 Å². The summed E-state index contributed by atoms with van der Waals surface area (Å²) in [5, 5.41) is 18.3. The number of benzene rings is 1. The van der Waals surface area contributed by atoms with Gasteiger partial charge in [-0.2, -0.15) is 0 Å². The minimum atomic E-state index is -1.37. The molecule has 0 bridgehead atoms. The summed E-state index contributed by atoms with van der Waals surface area (Å²) in [6, 6.07) is 9.42. The molecule has 1 unspecified atom stereocenters. The quantitative estimate of drug-likeness (QED) is 0.608. The fraction of sp³-hybridized carbons (Fsp3) is 0.333. The first-order valence-electron chi connectivity index (χ1n) is 6.28. The van der Waals surface area contributed by atoms with Crippen molar-refractivity contribution in [2.24, 2.45) is 11.8 Å². The van der Waals surface area contributed by atoms with Crippen LogP contribution in [-0.4, -0.2) is 22.2 Å². The summed E-state index contributed by atoms with van der Waals surface area (Å²) in [7, 11) is 0. The Morgan fingerprint density at radius 2 is 1.68 bits per heavy atom. The molecule has 0 aromatic heterocycles. The molecule has 0 fully saturated rings. The molecule has 1 aliphatic rings. The van der Waals surface area contributed by atoms with Gasteiger partial charge in [0.25, 0.3) is 0 Å². The Bertz CT molecular complexity index is 490. The van der Waals surface area contributed by atoms with Crippen molar-refractivity contribution in [1.82, 2.24) is 0 Å². The second-order valence-electron chi connectivity index (χ2n) is 4.77. The van der Waals surface area contributed by atoms with Gasteiger partial charge in [0.2, 0.25) is 0 Å². The molecule has 0 aliphatic heterocycles. The summed E-state index contributed by atoms with van der Waals surface area (Å²) >= 11 is 0. The van der Waals surface area contributed by atoms with E-state index >= 15 is 0 Å². The van der Waals surface area contributed by atoms with Crippen molar-refractivity contribution in [3.63, 3.8) is 0 Å². The van der Waals surface area contributed by atoms with Gasteiger partial charge in [0.15, 0.2) is 5.92 Å². The van der Waals surface area contributed by atoms with Crippen molar-refractivity contribution in [2.45, 2.75) is 19.3 Å². The minimum Gasteiger partial charge on any atom is -0.481 e. The van der Waals surface area contributed by atoms with Crippen molar-refractivity contribution in [2.75, 3.05) is 0 Å². The predicted molar refractivity (Wildman–Crippen MR) is 69.7 cm³/mol. The van der Waals surface area contributed by atoms with Crippen LogP contribution >= 0.6 is 0 Å². The minimum absolute atomic E-state index is 0.453. The van der Waals surface area contributed by atoms with Crippen LogP contribution in [-0.2, 0) is 16.0 Å². The number of aliphatic carboxylic acids is 2. The molecule has 0 saturated heterocycles. The number of allylic oxidation sites excluding steroid dienone is 2. The van der Waals surface area contributed by atoms with Gasteiger partial charge in [0, 0.05) is 5.92 Å². The third-order valence-corrected chi connectivity index (χ3v) is 3.55. The normalized spacial score (nSPS) is 15.5. The number of rotatable bonds is 6. The number of hydrogen-bond acceptors (Lipinski definition) is 2. The van der Waals surface area contributed by atoms with Crippen LogP contribution in [0.5, 0.6) is 0 Å². The van der Waals surface area contributed by atoms with Gasteiger partial charge in [-0.3, -0.25) is 9.59 Å². The standard InChI is InChI=1S/C15H16O4/c16-14(17)13(15(18)19)12(11-7-4-8-11)9-10-5-2-1-3-6-10/h1-3,5-7,12-13H,4,8-9H2,(H,16,17)(H,18,19). The first-order chi connectivity index (χ1) is 9.09. The maximum absolute atomic E-state index is 11.2. The van der Waals surface area contributed by atoms with Gasteiger partial charge in [-0.15, -0.1) is 0 Å². The van der Waals surface area contributed by atoms with Gasteiger partial charge in [0.05, 0.1) is 0 Å². The van der Waals surface area contributed by atoms with E-state index in [9.17, 15) is 9.59 Å². The monoisotopic (exact) mass is 260 g/mol. The molecule has 1 atom stereocenters. The second kappa shape index (κ2) is 5.69. The second-order valence-corrected chi connectivity index (χ2v) is 4.77. The lowest BCUT2D eigenvalue weighted by Crippen LogP contribution is -2.34. The summed E-state index contributed by atoms with van der Waals surface area (Å²) in [5.74, 6) is -4.35. The molecule has 4 heteroatoms. The van der Waals surface area contributed by atoms with Crippen LogP contribution < -0.4 is 0 Å². The lowest BCUT2D eigenvalue weighted by Gasteiger charge is -2.28. The molecule has 1 aromatic carbocycles. The van der Waals surface area contributed by atoms with E-state index in [1.165, 1.54) is 0 Å². The Hall–Kier alpha value is -2.10. The van der Waals surface area contributed by atoms with E-state index in [1.807, 2.05) is 36.4 Å². The van der Waals surface area contributed by atoms with Crippen molar-refractivity contribution >= 4 is 11.9 Å². The molecule has 100 valence electrons.